The third-order valence-electron chi connectivity index (χ3n) is 3.15. The van der Waals surface area contributed by atoms with Gasteiger partial charge >= 0.3 is 0 Å². The Morgan fingerprint density at radius 2 is 2.14 bits per heavy atom. The van der Waals surface area contributed by atoms with Crippen molar-refractivity contribution in [3.8, 4) is 5.75 Å². The first-order valence-electron chi connectivity index (χ1n) is 6.01. The molecule has 0 spiro atoms. The normalized spacial score (nSPS) is 16.7. The molecule has 112 valence electrons. The number of non-ortho nitro benzene ring substituents is 1. The Morgan fingerprint density at radius 1 is 1.48 bits per heavy atom. The summed E-state index contributed by atoms with van der Waals surface area (Å²) in [6.45, 7) is -2.19. The molecular weight excluding hydrogens is 284 g/mol. The highest BCUT2D eigenvalue weighted by molar-refractivity contribution is 6.23. The molecule has 0 saturated heterocycles. The maximum atomic E-state index is 13.2. The number of nitro groups is 1. The van der Waals surface area contributed by atoms with Gasteiger partial charge in [0.1, 0.15) is 24.9 Å². The predicted molar refractivity (Wildman–Crippen MR) is 73.9 cm³/mol. The third-order valence-corrected chi connectivity index (χ3v) is 3.15. The van der Waals surface area contributed by atoms with Crippen molar-refractivity contribution in [1.82, 2.24) is 0 Å². The van der Waals surface area contributed by atoms with Crippen LogP contribution >= 0.6 is 0 Å². The third kappa shape index (κ3) is 2.56. The van der Waals surface area contributed by atoms with Crippen LogP contribution in [0.3, 0.4) is 0 Å². The second-order valence-corrected chi connectivity index (χ2v) is 4.54. The van der Waals surface area contributed by atoms with Crippen molar-refractivity contribution in [2.24, 2.45) is 10.7 Å². The number of hydrogen-bond acceptors (Lipinski definition) is 4. The van der Waals surface area contributed by atoms with Crippen molar-refractivity contribution in [2.75, 3.05) is 20.4 Å². The van der Waals surface area contributed by atoms with E-state index in [9.17, 15) is 18.9 Å². The number of aliphatic imine (C=N–C) groups is 1. The second-order valence-electron chi connectivity index (χ2n) is 4.54. The minimum absolute atomic E-state index is 0.0197. The maximum Gasteiger partial charge on any atom is 0.270 e. The Balaban J connectivity index is 2.65. The molecule has 0 saturated carbocycles. The van der Waals surface area contributed by atoms with Crippen LogP contribution in [0, 0.1) is 10.1 Å². The molecule has 2 N–H and O–H groups in total. The summed E-state index contributed by atoms with van der Waals surface area (Å²) in [5, 5.41) is 10.8. The summed E-state index contributed by atoms with van der Waals surface area (Å²) in [5.74, 6) is 0.145. The summed E-state index contributed by atoms with van der Waals surface area (Å²) >= 11 is 0. The first-order valence-corrected chi connectivity index (χ1v) is 6.01. The van der Waals surface area contributed by atoms with Gasteiger partial charge in [-0.15, -0.1) is 0 Å². The first kappa shape index (κ1) is 14.9. The smallest absolute Gasteiger partial charge is 0.270 e. The molecule has 1 aromatic carbocycles. The summed E-state index contributed by atoms with van der Waals surface area (Å²) in [5.41, 5.74) is 4.27. The van der Waals surface area contributed by atoms with E-state index in [1.54, 1.807) is 0 Å². The van der Waals surface area contributed by atoms with Crippen LogP contribution in [0.15, 0.2) is 29.3 Å². The molecule has 1 aromatic rings. The average Bonchev–Trinajstić information content (AvgIpc) is 2.52. The molecule has 21 heavy (non-hydrogen) atoms. The number of nitro benzene ring substituents is 1. The number of nitrogens with zero attached hydrogens (tertiary/aromatic N) is 2. The van der Waals surface area contributed by atoms with E-state index in [-0.39, 0.29) is 28.4 Å². The second kappa shape index (κ2) is 5.47. The van der Waals surface area contributed by atoms with Gasteiger partial charge in [0.25, 0.3) is 5.69 Å². The lowest BCUT2D eigenvalue weighted by Gasteiger charge is -2.32. The van der Waals surface area contributed by atoms with Gasteiger partial charge in [-0.05, 0) is 12.1 Å². The zero-order valence-corrected chi connectivity index (χ0v) is 11.2. The standard InChI is InChI=1S/C13H13F2N3O3/c1-17-12(16)10-5-13(6-14,7-15)21-11-3-2-8(18(19)20)4-9(10)11/h2-5H,6-7H2,1H3,(H2,16,17). The molecule has 1 aliphatic heterocycles. The fraction of sp³-hybridized carbons (Fsp3) is 0.308. The summed E-state index contributed by atoms with van der Waals surface area (Å²) in [7, 11) is 1.41. The average molecular weight is 297 g/mol. The summed E-state index contributed by atoms with van der Waals surface area (Å²) in [6.07, 6.45) is 1.18. The molecule has 0 radical (unpaired) electrons. The van der Waals surface area contributed by atoms with E-state index < -0.39 is 23.9 Å². The zero-order chi connectivity index (χ0) is 15.6. The number of fused-ring (bicyclic) bond motifs is 1. The molecule has 0 aliphatic carbocycles. The Hall–Kier alpha value is -2.51. The van der Waals surface area contributed by atoms with Crippen molar-refractivity contribution in [2.45, 2.75) is 5.60 Å². The Bertz CT molecular complexity index is 640. The highest BCUT2D eigenvalue weighted by Gasteiger charge is 2.37. The zero-order valence-electron chi connectivity index (χ0n) is 11.2. The minimum Gasteiger partial charge on any atom is -0.477 e. The number of hydrogen-bond donors (Lipinski definition) is 1. The number of nitrogens with two attached hydrogens (primary N) is 1. The fourth-order valence-electron chi connectivity index (χ4n) is 2.02. The van der Waals surface area contributed by atoms with Crippen molar-refractivity contribution >= 4 is 17.1 Å². The van der Waals surface area contributed by atoms with Gasteiger partial charge in [0.05, 0.1) is 4.92 Å². The van der Waals surface area contributed by atoms with Crippen LogP contribution in [0.5, 0.6) is 5.75 Å². The van der Waals surface area contributed by atoms with Gasteiger partial charge in [-0.2, -0.15) is 0 Å². The van der Waals surface area contributed by atoms with Crippen LogP contribution in [-0.2, 0) is 0 Å². The number of amidine groups is 1. The number of halogens is 2. The molecule has 2 rings (SSSR count). The van der Waals surface area contributed by atoms with Crippen molar-refractivity contribution in [1.29, 1.82) is 0 Å². The molecule has 6 nitrogen and oxygen atoms in total. The predicted octanol–water partition coefficient (Wildman–Crippen LogP) is 2.04. The van der Waals surface area contributed by atoms with E-state index >= 15 is 0 Å². The molecule has 0 aromatic heterocycles. The van der Waals surface area contributed by atoms with Crippen LogP contribution < -0.4 is 10.5 Å². The van der Waals surface area contributed by atoms with E-state index in [0.717, 1.165) is 0 Å². The monoisotopic (exact) mass is 297 g/mol. The highest BCUT2D eigenvalue weighted by Crippen LogP contribution is 2.38. The van der Waals surface area contributed by atoms with Gasteiger partial charge in [-0.25, -0.2) is 8.78 Å². The molecule has 8 heteroatoms. The molecule has 0 fully saturated rings. The van der Waals surface area contributed by atoms with Gasteiger partial charge in [-0.1, -0.05) is 0 Å². The maximum absolute atomic E-state index is 13.2. The van der Waals surface area contributed by atoms with Crippen LogP contribution in [0.25, 0.3) is 5.57 Å². The molecular formula is C13H13F2N3O3. The quantitative estimate of drug-likeness (QED) is 0.398. The number of rotatable bonds is 4. The molecule has 0 unspecified atom stereocenters. The number of alkyl halides is 2. The first-order chi connectivity index (χ1) is 9.96. The fourth-order valence-corrected chi connectivity index (χ4v) is 2.02. The lowest BCUT2D eigenvalue weighted by atomic mass is 9.92. The molecule has 0 amide bonds. The summed E-state index contributed by atoms with van der Waals surface area (Å²) < 4.78 is 31.7. The molecule has 1 aliphatic rings. The largest absolute Gasteiger partial charge is 0.477 e. The van der Waals surface area contributed by atoms with Gasteiger partial charge in [0.15, 0.2) is 5.60 Å². The lowest BCUT2D eigenvalue weighted by Crippen LogP contribution is -2.42. The van der Waals surface area contributed by atoms with Gasteiger partial charge in [0.2, 0.25) is 0 Å². The van der Waals surface area contributed by atoms with E-state index in [4.69, 9.17) is 10.5 Å². The van der Waals surface area contributed by atoms with Gasteiger partial charge in [0, 0.05) is 30.3 Å². The van der Waals surface area contributed by atoms with Crippen LogP contribution in [0.1, 0.15) is 5.56 Å². The number of ether oxygens (including phenoxy) is 1. The Kier molecular flexibility index (Phi) is 3.88. The molecule has 0 atom stereocenters. The van der Waals surface area contributed by atoms with E-state index in [0.29, 0.717) is 0 Å². The van der Waals surface area contributed by atoms with Crippen LogP contribution in [0.2, 0.25) is 0 Å². The van der Waals surface area contributed by atoms with E-state index in [1.807, 2.05) is 0 Å². The highest BCUT2D eigenvalue weighted by atomic mass is 19.1. The minimum atomic E-state index is -1.78. The van der Waals surface area contributed by atoms with E-state index in [2.05, 4.69) is 4.99 Å². The Labute approximate surface area is 119 Å². The van der Waals surface area contributed by atoms with Crippen molar-refractivity contribution in [3.05, 3.63) is 40.0 Å². The van der Waals surface area contributed by atoms with Gasteiger partial charge < -0.3 is 10.5 Å². The SMILES string of the molecule is CN=C(N)C1=CC(CF)(CF)Oc2ccc([N+](=O)[O-])cc21. The van der Waals surface area contributed by atoms with Crippen molar-refractivity contribution < 1.29 is 18.4 Å². The van der Waals surface area contributed by atoms with Crippen LogP contribution in [0.4, 0.5) is 14.5 Å². The number of benzene rings is 1. The Morgan fingerprint density at radius 3 is 2.67 bits per heavy atom. The van der Waals surface area contributed by atoms with Crippen molar-refractivity contribution in [3.63, 3.8) is 0 Å². The molecule has 0 bridgehead atoms. The van der Waals surface area contributed by atoms with Gasteiger partial charge in [-0.3, -0.25) is 15.1 Å². The summed E-state index contributed by atoms with van der Waals surface area (Å²) in [6, 6.07) is 3.73. The molecule has 1 heterocycles. The summed E-state index contributed by atoms with van der Waals surface area (Å²) in [4.78, 5) is 14.0. The van der Waals surface area contributed by atoms with Crippen LogP contribution in [-0.4, -0.2) is 36.8 Å². The topological polar surface area (TPSA) is 90.8 Å². The van der Waals surface area contributed by atoms with E-state index in [1.165, 1.54) is 31.3 Å². The lowest BCUT2D eigenvalue weighted by molar-refractivity contribution is -0.384.